The molecule has 1 heterocycles. The number of hydrogen-bond acceptors (Lipinski definition) is 4. The number of carbonyl (C=O) groups excluding carboxylic acids is 1. The molecule has 5 heteroatoms. The Balaban J connectivity index is 2.09. The molecule has 0 aliphatic heterocycles. The van der Waals surface area contributed by atoms with Crippen molar-refractivity contribution in [1.29, 1.82) is 0 Å². The van der Waals surface area contributed by atoms with E-state index in [4.69, 9.17) is 5.73 Å². The second-order valence-electron chi connectivity index (χ2n) is 4.71. The summed E-state index contributed by atoms with van der Waals surface area (Å²) in [7, 11) is 0. The van der Waals surface area contributed by atoms with Crippen molar-refractivity contribution < 1.29 is 4.79 Å². The van der Waals surface area contributed by atoms with Crippen molar-refractivity contribution >= 4 is 5.91 Å². The quantitative estimate of drug-likeness (QED) is 0.850. The highest BCUT2D eigenvalue weighted by atomic mass is 16.2. The van der Waals surface area contributed by atoms with E-state index in [9.17, 15) is 4.79 Å². The standard InChI is InChI=1S/C13H20N4O/c14-6-3-7-17(12-4-1-2-5-12)13(18)11-8-15-10-16-9-11/h8-10,12H,1-7,14H2. The maximum Gasteiger partial charge on any atom is 0.257 e. The zero-order valence-electron chi connectivity index (χ0n) is 10.6. The average molecular weight is 248 g/mol. The third kappa shape index (κ3) is 3.04. The molecule has 1 saturated carbocycles. The van der Waals surface area contributed by atoms with Crippen molar-refractivity contribution in [2.75, 3.05) is 13.1 Å². The van der Waals surface area contributed by atoms with Gasteiger partial charge in [0.1, 0.15) is 6.33 Å². The second-order valence-corrected chi connectivity index (χ2v) is 4.71. The van der Waals surface area contributed by atoms with Crippen molar-refractivity contribution in [3.63, 3.8) is 0 Å². The van der Waals surface area contributed by atoms with Gasteiger partial charge in [0.15, 0.2) is 0 Å². The molecule has 1 aromatic heterocycles. The van der Waals surface area contributed by atoms with Crippen molar-refractivity contribution in [1.82, 2.24) is 14.9 Å². The van der Waals surface area contributed by atoms with E-state index in [1.54, 1.807) is 12.4 Å². The summed E-state index contributed by atoms with van der Waals surface area (Å²) in [5.74, 6) is 0.0379. The van der Waals surface area contributed by atoms with Gasteiger partial charge in [0.25, 0.3) is 5.91 Å². The van der Waals surface area contributed by atoms with E-state index in [2.05, 4.69) is 9.97 Å². The van der Waals surface area contributed by atoms with Gasteiger partial charge in [0.05, 0.1) is 5.56 Å². The number of rotatable bonds is 5. The van der Waals surface area contributed by atoms with Crippen LogP contribution < -0.4 is 5.73 Å². The van der Waals surface area contributed by atoms with E-state index >= 15 is 0 Å². The third-order valence-electron chi connectivity index (χ3n) is 3.44. The molecule has 1 aromatic rings. The van der Waals surface area contributed by atoms with E-state index in [0.29, 0.717) is 18.2 Å². The van der Waals surface area contributed by atoms with E-state index in [0.717, 1.165) is 25.8 Å². The first kappa shape index (κ1) is 13.0. The molecule has 2 rings (SSSR count). The van der Waals surface area contributed by atoms with Crippen LogP contribution in [0.2, 0.25) is 0 Å². The number of aromatic nitrogens is 2. The Hall–Kier alpha value is -1.49. The predicted octanol–water partition coefficient (Wildman–Crippen LogP) is 1.21. The summed E-state index contributed by atoms with van der Waals surface area (Å²) in [5.41, 5.74) is 6.12. The van der Waals surface area contributed by atoms with Gasteiger partial charge in [-0.2, -0.15) is 0 Å². The molecule has 2 N–H and O–H groups in total. The normalized spacial score (nSPS) is 15.8. The van der Waals surface area contributed by atoms with E-state index < -0.39 is 0 Å². The smallest absolute Gasteiger partial charge is 0.257 e. The largest absolute Gasteiger partial charge is 0.336 e. The fraction of sp³-hybridized carbons (Fsp3) is 0.615. The summed E-state index contributed by atoms with van der Waals surface area (Å²) in [4.78, 5) is 22.2. The molecule has 98 valence electrons. The first-order chi connectivity index (χ1) is 8.83. The zero-order valence-corrected chi connectivity index (χ0v) is 10.6. The number of carbonyl (C=O) groups is 1. The molecular formula is C13H20N4O. The van der Waals surface area contributed by atoms with E-state index in [1.807, 2.05) is 4.90 Å². The molecule has 0 saturated heterocycles. The van der Waals surface area contributed by atoms with Crippen LogP contribution in [-0.2, 0) is 0 Å². The van der Waals surface area contributed by atoms with Gasteiger partial charge >= 0.3 is 0 Å². The van der Waals surface area contributed by atoms with Crippen LogP contribution in [0.15, 0.2) is 18.7 Å². The summed E-state index contributed by atoms with van der Waals surface area (Å²) in [6, 6.07) is 0.365. The molecule has 1 fully saturated rings. The summed E-state index contributed by atoms with van der Waals surface area (Å²) in [6.07, 6.45) is 10.1. The minimum absolute atomic E-state index is 0.0379. The lowest BCUT2D eigenvalue weighted by molar-refractivity contribution is 0.0679. The van der Waals surface area contributed by atoms with Crippen LogP contribution in [0.25, 0.3) is 0 Å². The van der Waals surface area contributed by atoms with E-state index in [-0.39, 0.29) is 5.91 Å². The van der Waals surface area contributed by atoms with Crippen LogP contribution in [0.5, 0.6) is 0 Å². The monoisotopic (exact) mass is 248 g/mol. The highest BCUT2D eigenvalue weighted by Gasteiger charge is 2.27. The lowest BCUT2D eigenvalue weighted by Crippen LogP contribution is -2.40. The van der Waals surface area contributed by atoms with Gasteiger partial charge in [0.2, 0.25) is 0 Å². The Morgan fingerprint density at radius 2 is 2.00 bits per heavy atom. The molecule has 0 atom stereocenters. The molecule has 1 aliphatic carbocycles. The first-order valence-electron chi connectivity index (χ1n) is 6.59. The summed E-state index contributed by atoms with van der Waals surface area (Å²) in [6.45, 7) is 1.34. The van der Waals surface area contributed by atoms with Crippen molar-refractivity contribution in [2.45, 2.75) is 38.1 Å². The van der Waals surface area contributed by atoms with Gasteiger partial charge in [0, 0.05) is 25.0 Å². The van der Waals surface area contributed by atoms with Crippen LogP contribution in [0.3, 0.4) is 0 Å². The van der Waals surface area contributed by atoms with Crippen LogP contribution in [0.4, 0.5) is 0 Å². The van der Waals surface area contributed by atoms with Crippen molar-refractivity contribution in [2.24, 2.45) is 5.73 Å². The molecular weight excluding hydrogens is 228 g/mol. The van der Waals surface area contributed by atoms with Gasteiger partial charge in [-0.15, -0.1) is 0 Å². The molecule has 0 unspecified atom stereocenters. The molecule has 0 radical (unpaired) electrons. The minimum atomic E-state index is 0.0379. The maximum absolute atomic E-state index is 12.4. The maximum atomic E-state index is 12.4. The average Bonchev–Trinajstić information content (AvgIpc) is 2.94. The minimum Gasteiger partial charge on any atom is -0.336 e. The number of amides is 1. The Kier molecular flexibility index (Phi) is 4.64. The fourth-order valence-corrected chi connectivity index (χ4v) is 2.50. The highest BCUT2D eigenvalue weighted by Crippen LogP contribution is 2.24. The molecule has 5 nitrogen and oxygen atoms in total. The molecule has 1 aliphatic rings. The van der Waals surface area contributed by atoms with Gasteiger partial charge < -0.3 is 10.6 Å². The molecule has 0 aromatic carbocycles. The Morgan fingerprint density at radius 1 is 1.33 bits per heavy atom. The van der Waals surface area contributed by atoms with Gasteiger partial charge in [-0.25, -0.2) is 9.97 Å². The Morgan fingerprint density at radius 3 is 2.61 bits per heavy atom. The SMILES string of the molecule is NCCCN(C(=O)c1cncnc1)C1CCCC1. The Labute approximate surface area is 107 Å². The molecule has 0 spiro atoms. The molecule has 18 heavy (non-hydrogen) atoms. The topological polar surface area (TPSA) is 72.1 Å². The zero-order chi connectivity index (χ0) is 12.8. The van der Waals surface area contributed by atoms with Crippen molar-refractivity contribution in [3.8, 4) is 0 Å². The highest BCUT2D eigenvalue weighted by molar-refractivity contribution is 5.93. The molecule has 1 amide bonds. The van der Waals surface area contributed by atoms with Gasteiger partial charge in [-0.1, -0.05) is 12.8 Å². The number of hydrogen-bond donors (Lipinski definition) is 1. The summed E-state index contributed by atoms with van der Waals surface area (Å²) >= 11 is 0. The second kappa shape index (κ2) is 6.44. The number of nitrogens with zero attached hydrogens (tertiary/aromatic N) is 3. The lowest BCUT2D eigenvalue weighted by Gasteiger charge is -2.28. The van der Waals surface area contributed by atoms with Crippen LogP contribution in [0, 0.1) is 0 Å². The summed E-state index contributed by atoms with van der Waals surface area (Å²) < 4.78 is 0. The predicted molar refractivity (Wildman–Crippen MR) is 69.0 cm³/mol. The fourth-order valence-electron chi connectivity index (χ4n) is 2.50. The van der Waals surface area contributed by atoms with Crippen LogP contribution >= 0.6 is 0 Å². The van der Waals surface area contributed by atoms with Crippen LogP contribution in [0.1, 0.15) is 42.5 Å². The van der Waals surface area contributed by atoms with Crippen LogP contribution in [-0.4, -0.2) is 39.9 Å². The number of nitrogens with two attached hydrogens (primary N) is 1. The Bertz CT molecular complexity index is 376. The van der Waals surface area contributed by atoms with E-state index in [1.165, 1.54) is 19.2 Å². The van der Waals surface area contributed by atoms with Crippen molar-refractivity contribution in [3.05, 3.63) is 24.3 Å². The lowest BCUT2D eigenvalue weighted by atomic mass is 10.1. The third-order valence-corrected chi connectivity index (χ3v) is 3.44. The van der Waals surface area contributed by atoms with Gasteiger partial charge in [-0.05, 0) is 25.8 Å². The summed E-state index contributed by atoms with van der Waals surface area (Å²) in [5, 5.41) is 0. The molecule has 0 bridgehead atoms. The first-order valence-corrected chi connectivity index (χ1v) is 6.59. The van der Waals surface area contributed by atoms with Gasteiger partial charge in [-0.3, -0.25) is 4.79 Å².